The van der Waals surface area contributed by atoms with Gasteiger partial charge in [-0.2, -0.15) is 0 Å². The van der Waals surface area contributed by atoms with E-state index in [9.17, 15) is 4.79 Å². The quantitative estimate of drug-likeness (QED) is 0.593. The van der Waals surface area contributed by atoms with E-state index in [1.807, 2.05) is 31.2 Å². The molecule has 0 heterocycles. The van der Waals surface area contributed by atoms with Gasteiger partial charge in [0.15, 0.2) is 5.78 Å². The smallest absolute Gasteiger partial charge is 0.159 e. The molecule has 1 aromatic carbocycles. The summed E-state index contributed by atoms with van der Waals surface area (Å²) in [5.74, 6) is 0.125. The number of halogens is 1. The molecule has 1 nitrogen and oxygen atoms in total. The molecule has 0 unspecified atom stereocenters. The molecule has 0 aliphatic heterocycles. The minimum atomic E-state index is 0. The lowest BCUT2D eigenvalue weighted by molar-refractivity contribution is 0.101. The highest BCUT2D eigenvalue weighted by Gasteiger charge is 1.95. The number of benzene rings is 1. The lowest BCUT2D eigenvalue weighted by atomic mass is 10.1. The number of hydrogen-bond acceptors (Lipinski definition) is 1. The van der Waals surface area contributed by atoms with Crippen molar-refractivity contribution in [1.29, 1.82) is 0 Å². The number of hydrogen-bond donors (Lipinski definition) is 0. The monoisotopic (exact) mass is 170 g/mol. The fourth-order valence-electron chi connectivity index (χ4n) is 0.788. The fraction of sp³-hybridized carbons (Fsp3) is 0.222. The summed E-state index contributed by atoms with van der Waals surface area (Å²) in [4.78, 5) is 10.8. The van der Waals surface area contributed by atoms with Crippen LogP contribution in [0, 0.1) is 6.92 Å². The molecule has 1 aromatic rings. The van der Waals surface area contributed by atoms with Gasteiger partial charge in [0.25, 0.3) is 0 Å². The largest absolute Gasteiger partial charge is 0.295 e. The average molecular weight is 171 g/mol. The van der Waals surface area contributed by atoms with Gasteiger partial charge in [-0.1, -0.05) is 29.8 Å². The summed E-state index contributed by atoms with van der Waals surface area (Å²) in [5, 5.41) is 0. The second-order valence-corrected chi connectivity index (χ2v) is 2.42. The van der Waals surface area contributed by atoms with Crippen molar-refractivity contribution in [1.82, 2.24) is 0 Å². The van der Waals surface area contributed by atoms with Crippen molar-refractivity contribution >= 4 is 18.2 Å². The predicted octanol–water partition coefficient (Wildman–Crippen LogP) is 2.62. The van der Waals surface area contributed by atoms with Crippen molar-refractivity contribution < 1.29 is 4.79 Å². The molecular weight excluding hydrogens is 160 g/mol. The molecule has 11 heavy (non-hydrogen) atoms. The van der Waals surface area contributed by atoms with Gasteiger partial charge in [-0.25, -0.2) is 0 Å². The van der Waals surface area contributed by atoms with Crippen molar-refractivity contribution in [3.63, 3.8) is 0 Å². The summed E-state index contributed by atoms with van der Waals surface area (Å²) in [5.41, 5.74) is 1.97. The molecule has 0 aliphatic carbocycles. The molecule has 1 rings (SSSR count). The predicted molar refractivity (Wildman–Crippen MR) is 48.4 cm³/mol. The van der Waals surface area contributed by atoms with Gasteiger partial charge >= 0.3 is 0 Å². The zero-order chi connectivity index (χ0) is 7.56. The van der Waals surface area contributed by atoms with Crippen molar-refractivity contribution in [3.05, 3.63) is 35.4 Å². The van der Waals surface area contributed by atoms with E-state index in [2.05, 4.69) is 0 Å². The maximum Gasteiger partial charge on any atom is 0.159 e. The number of carbonyl (C=O) groups excluding carboxylic acids is 1. The summed E-state index contributed by atoms with van der Waals surface area (Å²) in [7, 11) is 0. The zero-order valence-electron chi connectivity index (χ0n) is 6.63. The van der Waals surface area contributed by atoms with E-state index >= 15 is 0 Å². The lowest BCUT2D eigenvalue weighted by Gasteiger charge is -1.93. The highest BCUT2D eigenvalue weighted by Crippen LogP contribution is 2.02. The highest BCUT2D eigenvalue weighted by atomic mass is 35.5. The van der Waals surface area contributed by atoms with Crippen LogP contribution in [0.3, 0.4) is 0 Å². The van der Waals surface area contributed by atoms with Crippen LogP contribution >= 0.6 is 12.4 Å². The van der Waals surface area contributed by atoms with E-state index < -0.39 is 0 Å². The summed E-state index contributed by atoms with van der Waals surface area (Å²) >= 11 is 0. The third kappa shape index (κ3) is 2.72. The van der Waals surface area contributed by atoms with Gasteiger partial charge in [-0.05, 0) is 13.8 Å². The van der Waals surface area contributed by atoms with E-state index in [1.54, 1.807) is 6.92 Å². The minimum Gasteiger partial charge on any atom is -0.295 e. The van der Waals surface area contributed by atoms with Crippen LogP contribution in [-0.4, -0.2) is 5.78 Å². The summed E-state index contributed by atoms with van der Waals surface area (Å²) in [6.07, 6.45) is 0. The average Bonchev–Trinajstić information content (AvgIpc) is 1.88. The van der Waals surface area contributed by atoms with Crippen LogP contribution in [0.1, 0.15) is 22.8 Å². The number of rotatable bonds is 1. The Labute approximate surface area is 72.8 Å². The van der Waals surface area contributed by atoms with Crippen LogP contribution in [0.5, 0.6) is 0 Å². The molecule has 0 amide bonds. The summed E-state index contributed by atoms with van der Waals surface area (Å²) in [6, 6.07) is 7.57. The second-order valence-electron chi connectivity index (χ2n) is 2.42. The van der Waals surface area contributed by atoms with Crippen LogP contribution in [-0.2, 0) is 0 Å². The number of carbonyl (C=O) groups is 1. The van der Waals surface area contributed by atoms with Crippen molar-refractivity contribution in [3.8, 4) is 0 Å². The van der Waals surface area contributed by atoms with Crippen LogP contribution in [0.4, 0.5) is 0 Å². The standard InChI is InChI=1S/C9H10O.ClH/c1-7-3-5-9(6-4-7)8(2)10;/h3-6H,1-2H3;1H. The normalized spacial score (nSPS) is 8.55. The Morgan fingerprint density at radius 1 is 1.18 bits per heavy atom. The highest BCUT2D eigenvalue weighted by molar-refractivity contribution is 5.93. The van der Waals surface area contributed by atoms with Gasteiger partial charge < -0.3 is 0 Å². The van der Waals surface area contributed by atoms with Crippen molar-refractivity contribution in [2.45, 2.75) is 13.8 Å². The van der Waals surface area contributed by atoms with Crippen LogP contribution in [0.15, 0.2) is 24.3 Å². The molecule has 0 radical (unpaired) electrons. The van der Waals surface area contributed by atoms with Gasteiger partial charge in [0.1, 0.15) is 0 Å². The van der Waals surface area contributed by atoms with Crippen LogP contribution < -0.4 is 0 Å². The first kappa shape index (κ1) is 10.2. The van der Waals surface area contributed by atoms with Gasteiger partial charge in [-0.3, -0.25) is 4.79 Å². The zero-order valence-corrected chi connectivity index (χ0v) is 7.44. The first-order valence-corrected chi connectivity index (χ1v) is 3.28. The maximum absolute atomic E-state index is 10.8. The van der Waals surface area contributed by atoms with Gasteiger partial charge in [0, 0.05) is 5.56 Å². The van der Waals surface area contributed by atoms with Crippen molar-refractivity contribution in [2.75, 3.05) is 0 Å². The Morgan fingerprint density at radius 2 is 1.64 bits per heavy atom. The Hall–Kier alpha value is -0.820. The Bertz CT molecular complexity index is 238. The van der Waals surface area contributed by atoms with E-state index in [0.29, 0.717) is 0 Å². The summed E-state index contributed by atoms with van der Waals surface area (Å²) < 4.78 is 0. The number of aryl methyl sites for hydroxylation is 1. The van der Waals surface area contributed by atoms with Crippen LogP contribution in [0.2, 0.25) is 0 Å². The second kappa shape index (κ2) is 4.14. The number of Topliss-reactive ketones (excluding diaryl/α,β-unsaturated/α-hetero) is 1. The third-order valence-electron chi connectivity index (χ3n) is 1.46. The molecular formula is C9H11ClO. The summed E-state index contributed by atoms with van der Waals surface area (Å²) in [6.45, 7) is 3.58. The van der Waals surface area contributed by atoms with E-state index in [4.69, 9.17) is 0 Å². The van der Waals surface area contributed by atoms with E-state index in [1.165, 1.54) is 5.56 Å². The minimum absolute atomic E-state index is 0. The molecule has 0 bridgehead atoms. The van der Waals surface area contributed by atoms with Gasteiger partial charge in [-0.15, -0.1) is 12.4 Å². The van der Waals surface area contributed by atoms with Gasteiger partial charge in [0.05, 0.1) is 0 Å². The maximum atomic E-state index is 10.8. The molecule has 0 spiro atoms. The molecule has 0 fully saturated rings. The Morgan fingerprint density at radius 3 is 2.00 bits per heavy atom. The van der Waals surface area contributed by atoms with Gasteiger partial charge in [0.2, 0.25) is 0 Å². The first-order valence-electron chi connectivity index (χ1n) is 3.28. The molecule has 0 aromatic heterocycles. The topological polar surface area (TPSA) is 17.1 Å². The van der Waals surface area contributed by atoms with Crippen LogP contribution in [0.25, 0.3) is 0 Å². The Balaban J connectivity index is 0.000001000. The first-order chi connectivity index (χ1) is 4.70. The molecule has 0 aliphatic rings. The molecule has 0 saturated carbocycles. The lowest BCUT2D eigenvalue weighted by Crippen LogP contribution is -1.90. The SMILES string of the molecule is CC(=O)c1ccc(C)cc1.Cl. The third-order valence-corrected chi connectivity index (χ3v) is 1.46. The fourth-order valence-corrected chi connectivity index (χ4v) is 0.788. The molecule has 2 heteroatoms. The molecule has 0 atom stereocenters. The van der Waals surface area contributed by atoms with Crippen molar-refractivity contribution in [2.24, 2.45) is 0 Å². The molecule has 60 valence electrons. The number of ketones is 1. The van der Waals surface area contributed by atoms with E-state index in [-0.39, 0.29) is 18.2 Å². The molecule has 0 saturated heterocycles. The van der Waals surface area contributed by atoms with E-state index in [0.717, 1.165) is 5.56 Å². The molecule has 0 N–H and O–H groups in total. The Kier molecular flexibility index (Phi) is 3.83.